The second-order valence-corrected chi connectivity index (χ2v) is 8.38. The Kier molecular flexibility index (Phi) is 4.67. The number of nitrogens with zero attached hydrogens (tertiary/aromatic N) is 2. The molecular weight excluding hydrogens is 396 g/mol. The zero-order valence-electron chi connectivity index (χ0n) is 17.4. The highest BCUT2D eigenvalue weighted by Gasteiger charge is 2.51. The lowest BCUT2D eigenvalue weighted by atomic mass is 9.78. The molecule has 0 aliphatic carbocycles. The maximum Gasteiger partial charge on any atom is 0.573 e. The highest BCUT2D eigenvalue weighted by atomic mass is 19.4. The molecule has 0 N–H and O–H groups in total. The van der Waals surface area contributed by atoms with Crippen molar-refractivity contribution in [1.82, 2.24) is 9.78 Å². The summed E-state index contributed by atoms with van der Waals surface area (Å²) in [6, 6.07) is 11.6. The van der Waals surface area contributed by atoms with Crippen LogP contribution >= 0.6 is 0 Å². The number of rotatable bonds is 3. The second kappa shape index (κ2) is 6.75. The van der Waals surface area contributed by atoms with E-state index in [0.717, 1.165) is 11.0 Å². The fourth-order valence-corrected chi connectivity index (χ4v) is 3.48. The number of alkyl halides is 3. The number of para-hydroxylation sites is 1. The maximum atomic E-state index is 12.9. The quantitative estimate of drug-likeness (QED) is 0.591. The molecule has 0 amide bonds. The summed E-state index contributed by atoms with van der Waals surface area (Å²) in [6.07, 6.45) is -4.80. The molecule has 9 heteroatoms. The van der Waals surface area contributed by atoms with Crippen molar-refractivity contribution < 1.29 is 27.2 Å². The molecule has 2 heterocycles. The van der Waals surface area contributed by atoms with E-state index in [1.54, 1.807) is 23.9 Å². The monoisotopic (exact) mass is 418 g/mol. The summed E-state index contributed by atoms with van der Waals surface area (Å²) in [5.74, 6) is -0.300. The van der Waals surface area contributed by atoms with E-state index in [4.69, 9.17) is 9.31 Å². The molecule has 0 unspecified atom stereocenters. The Bertz CT molecular complexity index is 1090. The number of halogens is 3. The van der Waals surface area contributed by atoms with Gasteiger partial charge in [0.25, 0.3) is 0 Å². The van der Waals surface area contributed by atoms with Gasteiger partial charge < -0.3 is 14.0 Å². The van der Waals surface area contributed by atoms with Gasteiger partial charge in [-0.3, -0.25) is 4.68 Å². The van der Waals surface area contributed by atoms with Gasteiger partial charge in [0.2, 0.25) is 0 Å². The van der Waals surface area contributed by atoms with Crippen LogP contribution in [0.15, 0.2) is 42.5 Å². The molecule has 0 radical (unpaired) electrons. The van der Waals surface area contributed by atoms with Crippen molar-refractivity contribution in [2.75, 3.05) is 0 Å². The molecule has 30 heavy (non-hydrogen) atoms. The van der Waals surface area contributed by atoms with Gasteiger partial charge in [0, 0.05) is 18.0 Å². The molecule has 3 aromatic rings. The van der Waals surface area contributed by atoms with E-state index in [1.165, 1.54) is 12.1 Å². The zero-order valence-corrected chi connectivity index (χ0v) is 17.4. The number of hydrogen-bond donors (Lipinski definition) is 0. The predicted octanol–water partition coefficient (Wildman–Crippen LogP) is 4.44. The Balaban J connectivity index is 1.82. The SMILES string of the molecule is Cn1nc(-c2ccccc2OC(F)(F)F)c2cc(B3OC(C)(C)C(C)(C)O3)ccc21. The molecule has 1 aromatic heterocycles. The topological polar surface area (TPSA) is 45.5 Å². The van der Waals surface area contributed by atoms with Crippen LogP contribution in [0.2, 0.25) is 0 Å². The third-order valence-electron chi connectivity index (χ3n) is 5.77. The molecule has 5 nitrogen and oxygen atoms in total. The third kappa shape index (κ3) is 3.56. The summed E-state index contributed by atoms with van der Waals surface area (Å²) < 4.78 is 56.8. The van der Waals surface area contributed by atoms with Crippen LogP contribution in [-0.2, 0) is 16.4 Å². The van der Waals surface area contributed by atoms with Crippen molar-refractivity contribution in [2.24, 2.45) is 7.05 Å². The number of ether oxygens (including phenoxy) is 1. The van der Waals surface area contributed by atoms with E-state index in [0.29, 0.717) is 11.1 Å². The van der Waals surface area contributed by atoms with Crippen LogP contribution in [0, 0.1) is 0 Å². The van der Waals surface area contributed by atoms with Gasteiger partial charge in [-0.15, -0.1) is 13.2 Å². The normalized spacial score (nSPS) is 18.2. The van der Waals surface area contributed by atoms with Crippen LogP contribution in [0.5, 0.6) is 5.75 Å². The Morgan fingerprint density at radius 1 is 1.00 bits per heavy atom. The van der Waals surface area contributed by atoms with E-state index in [1.807, 2.05) is 45.9 Å². The molecule has 0 bridgehead atoms. The first-order valence-corrected chi connectivity index (χ1v) is 9.55. The molecule has 4 rings (SSSR count). The van der Waals surface area contributed by atoms with Gasteiger partial charge in [-0.25, -0.2) is 0 Å². The van der Waals surface area contributed by atoms with Crippen LogP contribution in [-0.4, -0.2) is 34.5 Å². The van der Waals surface area contributed by atoms with Crippen molar-refractivity contribution in [2.45, 2.75) is 45.3 Å². The molecule has 2 aromatic carbocycles. The first-order chi connectivity index (χ1) is 13.9. The summed E-state index contributed by atoms with van der Waals surface area (Å²) in [6.45, 7) is 7.86. The summed E-state index contributed by atoms with van der Waals surface area (Å²) >= 11 is 0. The summed E-state index contributed by atoms with van der Waals surface area (Å²) in [5.41, 5.74) is 1.18. The van der Waals surface area contributed by atoms with Crippen LogP contribution in [0.1, 0.15) is 27.7 Å². The molecule has 1 fully saturated rings. The molecule has 1 saturated heterocycles. The molecule has 0 saturated carbocycles. The molecule has 0 atom stereocenters. The van der Waals surface area contributed by atoms with Crippen molar-refractivity contribution in [1.29, 1.82) is 0 Å². The second-order valence-electron chi connectivity index (χ2n) is 8.38. The van der Waals surface area contributed by atoms with Gasteiger partial charge in [0.1, 0.15) is 11.4 Å². The summed E-state index contributed by atoms with van der Waals surface area (Å²) in [5, 5.41) is 5.15. The van der Waals surface area contributed by atoms with E-state index in [-0.39, 0.29) is 11.3 Å². The van der Waals surface area contributed by atoms with Crippen LogP contribution < -0.4 is 10.2 Å². The number of aromatic nitrogens is 2. The molecule has 1 aliphatic heterocycles. The Labute approximate surface area is 172 Å². The van der Waals surface area contributed by atoms with Gasteiger partial charge in [-0.05, 0) is 51.4 Å². The Hall–Kier alpha value is -2.52. The fourth-order valence-electron chi connectivity index (χ4n) is 3.48. The number of aryl methyl sites for hydroxylation is 1. The average Bonchev–Trinajstić information content (AvgIpc) is 3.07. The van der Waals surface area contributed by atoms with E-state index < -0.39 is 24.7 Å². The maximum absolute atomic E-state index is 12.9. The first-order valence-electron chi connectivity index (χ1n) is 9.55. The van der Waals surface area contributed by atoms with Crippen LogP contribution in [0.4, 0.5) is 13.2 Å². The standard InChI is InChI=1S/C21H22BF3N2O3/c1-19(2)20(3,4)30-22(29-19)13-10-11-16-15(12-13)18(26-27(16)5)14-8-6-7-9-17(14)28-21(23,24)25/h6-12H,1-5H3. The van der Waals surface area contributed by atoms with Gasteiger partial charge >= 0.3 is 13.5 Å². The van der Waals surface area contributed by atoms with Crippen LogP contribution in [0.25, 0.3) is 22.2 Å². The largest absolute Gasteiger partial charge is 0.573 e. The van der Waals surface area contributed by atoms with Crippen LogP contribution in [0.3, 0.4) is 0 Å². The number of hydrogen-bond acceptors (Lipinski definition) is 4. The highest BCUT2D eigenvalue weighted by molar-refractivity contribution is 6.62. The van der Waals surface area contributed by atoms with Crippen molar-refractivity contribution >= 4 is 23.5 Å². The minimum atomic E-state index is -4.80. The van der Waals surface area contributed by atoms with E-state index >= 15 is 0 Å². The summed E-state index contributed by atoms with van der Waals surface area (Å²) in [4.78, 5) is 0. The summed E-state index contributed by atoms with van der Waals surface area (Å²) in [7, 11) is 1.15. The predicted molar refractivity (Wildman–Crippen MR) is 109 cm³/mol. The van der Waals surface area contributed by atoms with Gasteiger partial charge in [-0.1, -0.05) is 24.3 Å². The molecule has 158 valence electrons. The molecule has 1 aliphatic rings. The number of benzene rings is 2. The van der Waals surface area contributed by atoms with Gasteiger partial charge in [0.05, 0.1) is 16.7 Å². The Morgan fingerprint density at radius 2 is 1.63 bits per heavy atom. The average molecular weight is 418 g/mol. The highest BCUT2D eigenvalue weighted by Crippen LogP contribution is 2.38. The molecular formula is C21H22BF3N2O3. The minimum absolute atomic E-state index is 0.256. The zero-order chi connectivity index (χ0) is 21.9. The number of fused-ring (bicyclic) bond motifs is 1. The smallest absolute Gasteiger partial charge is 0.405 e. The van der Waals surface area contributed by atoms with Crippen molar-refractivity contribution in [3.63, 3.8) is 0 Å². The van der Waals surface area contributed by atoms with Gasteiger partial charge in [-0.2, -0.15) is 5.10 Å². The molecule has 0 spiro atoms. The van der Waals surface area contributed by atoms with E-state index in [9.17, 15) is 13.2 Å². The van der Waals surface area contributed by atoms with Gasteiger partial charge in [0.15, 0.2) is 0 Å². The fraction of sp³-hybridized carbons (Fsp3) is 0.381. The third-order valence-corrected chi connectivity index (χ3v) is 5.77. The lowest BCUT2D eigenvalue weighted by molar-refractivity contribution is -0.274. The Morgan fingerprint density at radius 3 is 2.27 bits per heavy atom. The lowest BCUT2D eigenvalue weighted by Crippen LogP contribution is -2.41. The lowest BCUT2D eigenvalue weighted by Gasteiger charge is -2.32. The van der Waals surface area contributed by atoms with Crippen molar-refractivity contribution in [3.05, 3.63) is 42.5 Å². The first kappa shape index (κ1) is 20.7. The van der Waals surface area contributed by atoms with E-state index in [2.05, 4.69) is 9.84 Å². The van der Waals surface area contributed by atoms with Crippen molar-refractivity contribution in [3.8, 4) is 17.0 Å². The minimum Gasteiger partial charge on any atom is -0.405 e.